The zero-order valence-corrected chi connectivity index (χ0v) is 25.7. The minimum atomic E-state index is -4.30. The number of imidazole rings is 1. The van der Waals surface area contributed by atoms with Crippen molar-refractivity contribution in [1.29, 1.82) is 0 Å². The average Bonchev–Trinajstić information content (AvgIpc) is 3.85. The Morgan fingerprint density at radius 1 is 1.07 bits per heavy atom. The van der Waals surface area contributed by atoms with Crippen LogP contribution in [0.4, 0.5) is 0 Å². The highest BCUT2D eigenvalue weighted by Gasteiger charge is 2.44. The molecule has 3 amide bonds. The van der Waals surface area contributed by atoms with Crippen molar-refractivity contribution in [2.45, 2.75) is 36.4 Å². The van der Waals surface area contributed by atoms with Crippen molar-refractivity contribution in [2.75, 3.05) is 26.5 Å². The van der Waals surface area contributed by atoms with Crippen LogP contribution < -0.4 is 14.8 Å². The predicted molar refractivity (Wildman–Crippen MR) is 163 cm³/mol. The fourth-order valence-electron chi connectivity index (χ4n) is 6.08. The van der Waals surface area contributed by atoms with Crippen LogP contribution in [0, 0.1) is 0 Å². The normalized spacial score (nSPS) is 18.5. The summed E-state index contributed by atoms with van der Waals surface area (Å²) in [4.78, 5) is 47.7. The molecule has 1 fully saturated rings. The van der Waals surface area contributed by atoms with E-state index in [1.54, 1.807) is 41.9 Å². The number of para-hydroxylation sites is 2. The van der Waals surface area contributed by atoms with Crippen LogP contribution in [0.15, 0.2) is 71.6 Å². The van der Waals surface area contributed by atoms with Crippen molar-refractivity contribution < 1.29 is 37.0 Å². The monoisotopic (exact) mass is 645 g/mol. The molecule has 1 aromatic heterocycles. The van der Waals surface area contributed by atoms with Gasteiger partial charge in [-0.15, -0.1) is 0 Å². The highest BCUT2D eigenvalue weighted by atomic mass is 32.2. The van der Waals surface area contributed by atoms with Gasteiger partial charge in [-0.25, -0.2) is 17.7 Å². The van der Waals surface area contributed by atoms with Crippen LogP contribution in [0.5, 0.6) is 11.5 Å². The number of hydrogen-bond acceptors (Lipinski definition) is 9. The van der Waals surface area contributed by atoms with Gasteiger partial charge in [-0.3, -0.25) is 14.4 Å². The molecule has 1 saturated heterocycles. The van der Waals surface area contributed by atoms with Crippen molar-refractivity contribution in [2.24, 2.45) is 7.05 Å². The van der Waals surface area contributed by atoms with Gasteiger partial charge in [0, 0.05) is 26.7 Å². The second-order valence-electron chi connectivity index (χ2n) is 11.3. The predicted octanol–water partition coefficient (Wildman–Crippen LogP) is 2.51. The second kappa shape index (κ2) is 11.8. The molecule has 3 aliphatic heterocycles. The number of amides is 3. The van der Waals surface area contributed by atoms with Gasteiger partial charge in [0.1, 0.15) is 17.3 Å². The Kier molecular flexibility index (Phi) is 7.61. The van der Waals surface area contributed by atoms with Gasteiger partial charge in [0.25, 0.3) is 21.8 Å². The Bertz CT molecular complexity index is 1970. The molecule has 0 radical (unpaired) electrons. The van der Waals surface area contributed by atoms with E-state index in [9.17, 15) is 22.8 Å². The first-order valence-corrected chi connectivity index (χ1v) is 16.3. The molecule has 0 aliphatic carbocycles. The van der Waals surface area contributed by atoms with Gasteiger partial charge in [-0.05, 0) is 54.8 Å². The van der Waals surface area contributed by atoms with Crippen LogP contribution in [0.3, 0.4) is 0 Å². The molecule has 4 heterocycles. The Morgan fingerprint density at radius 2 is 1.85 bits per heavy atom. The number of sulfonamides is 1. The maximum absolute atomic E-state index is 14.4. The summed E-state index contributed by atoms with van der Waals surface area (Å²) in [6.07, 6.45) is 1.49. The lowest BCUT2D eigenvalue weighted by Crippen LogP contribution is -2.49. The molecule has 0 unspecified atom stereocenters. The number of nitrogens with one attached hydrogen (secondary N) is 1. The van der Waals surface area contributed by atoms with Gasteiger partial charge < -0.3 is 29.0 Å². The maximum Gasteiger partial charge on any atom is 0.269 e. The van der Waals surface area contributed by atoms with E-state index in [-0.39, 0.29) is 42.3 Å². The minimum Gasteiger partial charge on any atom is -0.454 e. The van der Waals surface area contributed by atoms with Gasteiger partial charge in [0.05, 0.1) is 22.7 Å². The van der Waals surface area contributed by atoms with Gasteiger partial charge in [-0.2, -0.15) is 0 Å². The second-order valence-corrected chi connectivity index (χ2v) is 13.2. The lowest BCUT2D eigenvalue weighted by Gasteiger charge is -2.32. The fraction of sp³-hybridized carbons (Fsp3) is 0.312. The number of rotatable bonds is 9. The third-order valence-corrected chi connectivity index (χ3v) is 10.2. The molecule has 2 atom stereocenters. The van der Waals surface area contributed by atoms with Crippen LogP contribution >= 0.6 is 0 Å². The third-order valence-electron chi connectivity index (χ3n) is 8.46. The van der Waals surface area contributed by atoms with Gasteiger partial charge in [0.15, 0.2) is 17.5 Å². The molecule has 3 aliphatic rings. The minimum absolute atomic E-state index is 0.0150. The van der Waals surface area contributed by atoms with Crippen LogP contribution in [0.25, 0.3) is 11.0 Å². The summed E-state index contributed by atoms with van der Waals surface area (Å²) >= 11 is 0. The highest BCUT2D eigenvalue weighted by molar-refractivity contribution is 7.90. The Hall–Kier alpha value is -4.95. The summed E-state index contributed by atoms with van der Waals surface area (Å²) in [6, 6.07) is 17.0. The lowest BCUT2D eigenvalue weighted by atomic mass is 10.1. The van der Waals surface area contributed by atoms with Crippen molar-refractivity contribution in [3.8, 4) is 11.5 Å². The quantitative estimate of drug-likeness (QED) is 0.290. The van der Waals surface area contributed by atoms with E-state index in [0.717, 1.165) is 18.4 Å². The van der Waals surface area contributed by atoms with E-state index in [1.165, 1.54) is 23.1 Å². The smallest absolute Gasteiger partial charge is 0.269 e. The summed E-state index contributed by atoms with van der Waals surface area (Å²) in [5.74, 6) is -0.837. The van der Waals surface area contributed by atoms with Crippen molar-refractivity contribution >= 4 is 38.8 Å². The zero-order valence-electron chi connectivity index (χ0n) is 24.9. The fourth-order valence-corrected chi connectivity index (χ4v) is 7.60. The molecule has 3 aromatic carbocycles. The Morgan fingerprint density at radius 3 is 2.63 bits per heavy atom. The SMILES string of the molecule is Cn1c([C@@H](C(=O)NC[C@@H]2CCCO2)N(Cc2ccc3c(c2)OCO3)C(=O)CN2C(=O)c3ccccc3S2(=O)=O)nc2ccccc21. The molecule has 0 bridgehead atoms. The van der Waals surface area contributed by atoms with Crippen LogP contribution in [0.1, 0.15) is 40.6 Å². The molecule has 46 heavy (non-hydrogen) atoms. The Labute approximate surface area is 264 Å². The van der Waals surface area contributed by atoms with E-state index >= 15 is 0 Å². The van der Waals surface area contributed by atoms with Crippen LogP contribution in [0.2, 0.25) is 0 Å². The van der Waals surface area contributed by atoms with Crippen LogP contribution in [-0.4, -0.2) is 77.5 Å². The van der Waals surface area contributed by atoms with Crippen molar-refractivity contribution in [3.63, 3.8) is 0 Å². The van der Waals surface area contributed by atoms with Gasteiger partial charge in [-0.1, -0.05) is 30.3 Å². The number of nitrogens with zero attached hydrogens (tertiary/aromatic N) is 4. The molecule has 4 aromatic rings. The standard InChI is InChI=1S/C32H31N5O8S/c1-35-24-10-4-3-9-23(24)34-30(35)29(31(39)33-16-21-7-6-14-43-21)36(17-20-12-13-25-26(15-20)45-19-44-25)28(38)18-37-32(40)22-8-2-5-11-27(22)46(37,41)42/h2-5,8-13,15,21,29H,6-7,14,16-19H2,1H3,(H,33,39)/t21-,29-/m0/s1. The summed E-state index contributed by atoms with van der Waals surface area (Å²) < 4.78 is 45.8. The number of carbonyl (C=O) groups excluding carboxylic acids is 3. The van der Waals surface area contributed by atoms with E-state index in [4.69, 9.17) is 19.2 Å². The molecular weight excluding hydrogens is 614 g/mol. The average molecular weight is 646 g/mol. The first-order chi connectivity index (χ1) is 22.2. The van der Waals surface area contributed by atoms with Crippen LogP contribution in [-0.2, 0) is 37.9 Å². The van der Waals surface area contributed by atoms with E-state index < -0.39 is 40.3 Å². The Balaban J connectivity index is 1.30. The highest BCUT2D eigenvalue weighted by Crippen LogP contribution is 2.35. The first kappa shape index (κ1) is 29.7. The summed E-state index contributed by atoms with van der Waals surface area (Å²) in [7, 11) is -2.55. The van der Waals surface area contributed by atoms with Crippen molar-refractivity contribution in [3.05, 3.63) is 83.7 Å². The number of aromatic nitrogens is 2. The maximum atomic E-state index is 14.4. The molecule has 0 saturated carbocycles. The molecule has 0 spiro atoms. The van der Waals surface area contributed by atoms with E-state index in [2.05, 4.69) is 5.32 Å². The number of fused-ring (bicyclic) bond motifs is 3. The molecule has 14 heteroatoms. The largest absolute Gasteiger partial charge is 0.454 e. The van der Waals surface area contributed by atoms with Gasteiger partial charge in [0.2, 0.25) is 12.7 Å². The molecule has 13 nitrogen and oxygen atoms in total. The first-order valence-electron chi connectivity index (χ1n) is 14.9. The molecule has 238 valence electrons. The topological polar surface area (TPSA) is 149 Å². The summed E-state index contributed by atoms with van der Waals surface area (Å²) in [6.45, 7) is -0.0829. The summed E-state index contributed by atoms with van der Waals surface area (Å²) in [5.41, 5.74) is 1.92. The molecular formula is C32H31N5O8S. The molecule has 1 N–H and O–H groups in total. The lowest BCUT2D eigenvalue weighted by molar-refractivity contribution is -0.142. The van der Waals surface area contributed by atoms with Gasteiger partial charge >= 0.3 is 0 Å². The third kappa shape index (κ3) is 5.22. The van der Waals surface area contributed by atoms with E-state index in [1.807, 2.05) is 18.2 Å². The number of hydrogen-bond donors (Lipinski definition) is 1. The number of carbonyl (C=O) groups is 3. The van der Waals surface area contributed by atoms with E-state index in [0.29, 0.717) is 33.5 Å². The molecule has 7 rings (SSSR count). The number of benzene rings is 3. The zero-order chi connectivity index (χ0) is 32.0. The number of aryl methyl sites for hydroxylation is 1. The van der Waals surface area contributed by atoms with Crippen molar-refractivity contribution in [1.82, 2.24) is 24.1 Å². The number of ether oxygens (including phenoxy) is 3. The summed E-state index contributed by atoms with van der Waals surface area (Å²) in [5, 5.41) is 2.94.